The number of nitrogens with one attached hydrogen (secondary N) is 1. The van der Waals surface area contributed by atoms with E-state index in [-0.39, 0.29) is 36.3 Å². The van der Waals surface area contributed by atoms with Crippen LogP contribution >= 0.6 is 11.6 Å². The van der Waals surface area contributed by atoms with E-state index in [1.54, 1.807) is 4.90 Å². The molecule has 2 fully saturated rings. The number of rotatable bonds is 11. The molecule has 2 N–H and O–H groups in total. The van der Waals surface area contributed by atoms with Gasteiger partial charge >= 0.3 is 6.09 Å². The predicted molar refractivity (Wildman–Crippen MR) is 193 cm³/mol. The Hall–Kier alpha value is -4.44. The van der Waals surface area contributed by atoms with E-state index in [4.69, 9.17) is 16.3 Å². The van der Waals surface area contributed by atoms with Gasteiger partial charge in [-0.25, -0.2) is 9.18 Å². The Balaban J connectivity index is 1.08. The van der Waals surface area contributed by atoms with Crippen molar-refractivity contribution in [3.63, 3.8) is 0 Å². The van der Waals surface area contributed by atoms with Gasteiger partial charge in [0.05, 0.1) is 0 Å². The van der Waals surface area contributed by atoms with Crippen LogP contribution in [-0.4, -0.2) is 83.7 Å². The normalized spacial score (nSPS) is 16.6. The lowest BCUT2D eigenvalue weighted by Gasteiger charge is -2.40. The summed E-state index contributed by atoms with van der Waals surface area (Å²) in [4.78, 5) is 33.4. The number of piperidine rings is 1. The number of ether oxygens (including phenoxy) is 1. The van der Waals surface area contributed by atoms with Crippen molar-refractivity contribution in [3.05, 3.63) is 125 Å². The lowest BCUT2D eigenvalue weighted by Crippen LogP contribution is -2.58. The predicted octanol–water partition coefficient (Wildman–Crippen LogP) is 6.75. The third-order valence-electron chi connectivity index (χ3n) is 9.87. The summed E-state index contributed by atoms with van der Waals surface area (Å²) in [7, 11) is 0. The van der Waals surface area contributed by atoms with Crippen molar-refractivity contribution in [2.45, 2.75) is 38.5 Å². The largest absolute Gasteiger partial charge is 0.508 e. The number of piperazine rings is 1. The molecule has 0 saturated carbocycles. The molecule has 2 amide bonds. The molecule has 2 aliphatic heterocycles. The molecular weight excluding hydrogens is 655 g/mol. The van der Waals surface area contributed by atoms with E-state index in [2.05, 4.69) is 34.5 Å². The van der Waals surface area contributed by atoms with Gasteiger partial charge in [-0.1, -0.05) is 84.4 Å². The maximum Gasteiger partial charge on any atom is 0.408 e. The topological polar surface area (TPSA) is 85.4 Å². The number of carbonyl (C=O) groups excluding carboxylic acids is 2. The Kier molecular flexibility index (Phi) is 12.0. The van der Waals surface area contributed by atoms with Crippen LogP contribution in [0.1, 0.15) is 29.5 Å². The lowest BCUT2D eigenvalue weighted by molar-refractivity contribution is -0.137. The van der Waals surface area contributed by atoms with E-state index < -0.39 is 18.0 Å². The molecule has 0 unspecified atom stereocenters. The molecule has 4 aromatic carbocycles. The van der Waals surface area contributed by atoms with Crippen LogP contribution in [-0.2, 0) is 29.1 Å². The smallest absolute Gasteiger partial charge is 0.408 e. The van der Waals surface area contributed by atoms with Crippen LogP contribution in [0, 0.1) is 11.7 Å². The van der Waals surface area contributed by atoms with Gasteiger partial charge in [-0.2, -0.15) is 0 Å². The van der Waals surface area contributed by atoms with Gasteiger partial charge in [-0.15, -0.1) is 0 Å². The highest BCUT2D eigenvalue weighted by Crippen LogP contribution is 2.29. The lowest BCUT2D eigenvalue weighted by atomic mass is 9.88. The molecule has 0 radical (unpaired) electrons. The second-order valence-corrected chi connectivity index (χ2v) is 13.6. The number of nitrogens with zero attached hydrogens (tertiary/aromatic N) is 3. The number of carbonyl (C=O) groups is 2. The second kappa shape index (κ2) is 17.0. The molecule has 2 heterocycles. The van der Waals surface area contributed by atoms with Crippen molar-refractivity contribution in [2.24, 2.45) is 5.92 Å². The number of hydrogen-bond donors (Lipinski definition) is 2. The van der Waals surface area contributed by atoms with Gasteiger partial charge < -0.3 is 25.0 Å². The van der Waals surface area contributed by atoms with Gasteiger partial charge in [0.2, 0.25) is 5.91 Å². The number of benzene rings is 4. The molecule has 262 valence electrons. The summed E-state index contributed by atoms with van der Waals surface area (Å²) < 4.78 is 19.9. The van der Waals surface area contributed by atoms with Crippen molar-refractivity contribution in [1.82, 2.24) is 20.0 Å². The van der Waals surface area contributed by atoms with Crippen LogP contribution < -0.4 is 5.32 Å². The molecule has 8 nitrogen and oxygen atoms in total. The van der Waals surface area contributed by atoms with Crippen molar-refractivity contribution in [3.8, 4) is 16.9 Å². The summed E-state index contributed by atoms with van der Waals surface area (Å²) in [5, 5.41) is 13.8. The zero-order chi connectivity index (χ0) is 34.9. The fourth-order valence-electron chi connectivity index (χ4n) is 6.98. The number of hydrogen-bond acceptors (Lipinski definition) is 6. The van der Waals surface area contributed by atoms with E-state index in [9.17, 15) is 19.1 Å². The van der Waals surface area contributed by atoms with Crippen LogP contribution in [0.3, 0.4) is 0 Å². The molecule has 6 rings (SSSR count). The van der Waals surface area contributed by atoms with Gasteiger partial charge in [-0.3, -0.25) is 9.69 Å². The van der Waals surface area contributed by atoms with E-state index in [0.717, 1.165) is 55.0 Å². The Morgan fingerprint density at radius 1 is 0.860 bits per heavy atom. The molecule has 4 aromatic rings. The van der Waals surface area contributed by atoms with Crippen LogP contribution in [0.5, 0.6) is 5.75 Å². The number of likely N-dealkylation sites (tertiary alicyclic amines) is 1. The Morgan fingerprint density at radius 3 is 2.26 bits per heavy atom. The number of alkyl carbamates (subject to hydrolysis) is 1. The monoisotopic (exact) mass is 698 g/mol. The van der Waals surface area contributed by atoms with Crippen molar-refractivity contribution in [1.29, 1.82) is 0 Å². The summed E-state index contributed by atoms with van der Waals surface area (Å²) in [5.41, 5.74) is 4.67. The van der Waals surface area contributed by atoms with E-state index in [0.29, 0.717) is 26.2 Å². The van der Waals surface area contributed by atoms with Crippen LogP contribution in [0.4, 0.5) is 9.18 Å². The first-order valence-corrected chi connectivity index (χ1v) is 17.7. The molecule has 0 aromatic heterocycles. The molecule has 50 heavy (non-hydrogen) atoms. The van der Waals surface area contributed by atoms with Crippen LogP contribution in [0.2, 0.25) is 5.02 Å². The van der Waals surface area contributed by atoms with Crippen molar-refractivity contribution < 1.29 is 23.8 Å². The summed E-state index contributed by atoms with van der Waals surface area (Å²) in [6.45, 7) is 4.76. The molecule has 2 saturated heterocycles. The summed E-state index contributed by atoms with van der Waals surface area (Å²) in [6.07, 6.45) is 1.74. The maximum atomic E-state index is 14.4. The van der Waals surface area contributed by atoms with Gasteiger partial charge in [0, 0.05) is 49.9 Å². The highest BCUT2D eigenvalue weighted by molar-refractivity contribution is 6.30. The van der Waals surface area contributed by atoms with E-state index in [1.807, 2.05) is 59.5 Å². The van der Waals surface area contributed by atoms with Gasteiger partial charge in [0.15, 0.2) is 0 Å². The second-order valence-electron chi connectivity index (χ2n) is 13.1. The number of halogens is 2. The minimum absolute atomic E-state index is 0.0533. The van der Waals surface area contributed by atoms with Gasteiger partial charge in [0.1, 0.15) is 24.2 Å². The molecular formula is C40H44ClFN4O4. The fourth-order valence-corrected chi connectivity index (χ4v) is 7.18. The summed E-state index contributed by atoms with van der Waals surface area (Å²) in [6, 6.07) is 29.4. The molecule has 2 aliphatic rings. The van der Waals surface area contributed by atoms with Crippen molar-refractivity contribution >= 4 is 23.6 Å². The quantitative estimate of drug-likeness (QED) is 0.181. The first-order valence-electron chi connectivity index (χ1n) is 17.3. The molecule has 1 atom stereocenters. The standard InChI is InChI=1S/C40H44ClFN4O4/c41-33-14-15-34(30-10-5-2-6-11-30)32(26-33)18-21-44-19-16-31(17-20-44)38(43-40(49)50-28-29-8-3-1-4-9-29)39(48)46-24-22-45(23-25-46)27-35-36(42)12-7-13-37(35)47/h1-15,26,31,38,47H,16-25,27-28H2,(H,43,49)/t38-/m1/s1. The number of aromatic hydroxyl groups is 1. The summed E-state index contributed by atoms with van der Waals surface area (Å²) in [5.74, 6) is -0.697. The Bertz CT molecular complexity index is 1710. The Morgan fingerprint density at radius 2 is 1.56 bits per heavy atom. The number of phenols is 1. The highest BCUT2D eigenvalue weighted by Gasteiger charge is 2.36. The Labute approximate surface area is 298 Å². The van der Waals surface area contributed by atoms with Gasteiger partial charge in [0.25, 0.3) is 0 Å². The fraction of sp³-hybridized carbons (Fsp3) is 0.350. The zero-order valence-electron chi connectivity index (χ0n) is 28.1. The van der Waals surface area contributed by atoms with E-state index >= 15 is 0 Å². The third-order valence-corrected chi connectivity index (χ3v) is 10.1. The first-order chi connectivity index (χ1) is 24.3. The van der Waals surface area contributed by atoms with Gasteiger partial charge in [-0.05, 0) is 84.8 Å². The minimum Gasteiger partial charge on any atom is -0.508 e. The third kappa shape index (κ3) is 9.21. The first kappa shape index (κ1) is 35.4. The highest BCUT2D eigenvalue weighted by atomic mass is 35.5. The minimum atomic E-state index is -0.722. The number of amides is 2. The van der Waals surface area contributed by atoms with Crippen LogP contribution in [0.25, 0.3) is 11.1 Å². The molecule has 0 aliphatic carbocycles. The van der Waals surface area contributed by atoms with E-state index in [1.165, 1.54) is 29.3 Å². The average Bonchev–Trinajstić information content (AvgIpc) is 3.15. The molecule has 0 spiro atoms. The number of phenolic OH excluding ortho intramolecular Hbond substituents is 1. The van der Waals surface area contributed by atoms with Crippen molar-refractivity contribution in [2.75, 3.05) is 45.8 Å². The maximum absolute atomic E-state index is 14.4. The van der Waals surface area contributed by atoms with Crippen LogP contribution in [0.15, 0.2) is 97.1 Å². The molecule has 0 bridgehead atoms. The zero-order valence-corrected chi connectivity index (χ0v) is 28.9. The SMILES string of the molecule is O=C(N[C@@H](C(=O)N1CCN(Cc2c(O)cccc2F)CC1)C1CCN(CCc2cc(Cl)ccc2-c2ccccc2)CC1)OCc1ccccc1. The molecule has 10 heteroatoms. The summed E-state index contributed by atoms with van der Waals surface area (Å²) >= 11 is 6.41. The average molecular weight is 699 g/mol.